The lowest BCUT2D eigenvalue weighted by molar-refractivity contribution is 0.317. The minimum absolute atomic E-state index is 0.566. The monoisotopic (exact) mass is 258 g/mol. The minimum Gasteiger partial charge on any atom is -0.494 e. The van der Waals surface area contributed by atoms with Crippen LogP contribution in [0.4, 0.5) is 5.69 Å². The Hall–Kier alpha value is -2.23. The van der Waals surface area contributed by atoms with E-state index < -0.39 is 0 Å². The predicted octanol–water partition coefficient (Wildman–Crippen LogP) is 3.55. The molecule has 100 valence electrons. The molecule has 4 nitrogen and oxygen atoms in total. The van der Waals surface area contributed by atoms with Crippen molar-refractivity contribution in [1.82, 2.24) is 4.98 Å². The van der Waals surface area contributed by atoms with E-state index in [1.807, 2.05) is 37.3 Å². The van der Waals surface area contributed by atoms with Crippen LogP contribution in [0.25, 0.3) is 0 Å². The summed E-state index contributed by atoms with van der Waals surface area (Å²) in [5.41, 5.74) is 7.19. The van der Waals surface area contributed by atoms with Gasteiger partial charge in [0.2, 0.25) is 5.88 Å². The predicted molar refractivity (Wildman–Crippen MR) is 75.7 cm³/mol. The number of anilines is 1. The van der Waals surface area contributed by atoms with Gasteiger partial charge in [0, 0.05) is 5.56 Å². The van der Waals surface area contributed by atoms with E-state index in [-0.39, 0.29) is 0 Å². The van der Waals surface area contributed by atoms with Crippen molar-refractivity contribution < 1.29 is 9.47 Å². The average molecular weight is 258 g/mol. The van der Waals surface area contributed by atoms with Crippen LogP contribution in [-0.4, -0.2) is 11.6 Å². The van der Waals surface area contributed by atoms with Gasteiger partial charge in [0.25, 0.3) is 0 Å². The molecular weight excluding hydrogens is 240 g/mol. The Bertz CT molecular complexity index is 538. The summed E-state index contributed by atoms with van der Waals surface area (Å²) in [7, 11) is 0. The van der Waals surface area contributed by atoms with Gasteiger partial charge in [-0.15, -0.1) is 0 Å². The Labute approximate surface area is 113 Å². The number of aromatic nitrogens is 1. The standard InChI is InChI=1S/C15H18N2O2/c1-3-8-18-13-4-6-14(7-5-13)19-15-11(2)9-12(16)10-17-15/h4-7,9-10H,3,8,16H2,1-2H3. The Balaban J connectivity index is 2.06. The molecule has 0 saturated carbocycles. The number of hydrogen-bond acceptors (Lipinski definition) is 4. The van der Waals surface area contributed by atoms with Gasteiger partial charge in [-0.25, -0.2) is 4.98 Å². The van der Waals surface area contributed by atoms with Gasteiger partial charge in [0.05, 0.1) is 18.5 Å². The summed E-state index contributed by atoms with van der Waals surface area (Å²) in [5.74, 6) is 2.14. The van der Waals surface area contributed by atoms with E-state index in [2.05, 4.69) is 11.9 Å². The number of nitrogen functional groups attached to an aromatic ring is 1. The SMILES string of the molecule is CCCOc1ccc(Oc2ncc(N)cc2C)cc1. The van der Waals surface area contributed by atoms with Crippen LogP contribution in [0.2, 0.25) is 0 Å². The smallest absolute Gasteiger partial charge is 0.222 e. The van der Waals surface area contributed by atoms with Crippen LogP contribution in [-0.2, 0) is 0 Å². The Morgan fingerprint density at radius 2 is 1.84 bits per heavy atom. The van der Waals surface area contributed by atoms with Crippen molar-refractivity contribution in [3.8, 4) is 17.4 Å². The lowest BCUT2D eigenvalue weighted by Crippen LogP contribution is -1.96. The number of nitrogens with zero attached hydrogens (tertiary/aromatic N) is 1. The van der Waals surface area contributed by atoms with Gasteiger partial charge in [-0.2, -0.15) is 0 Å². The van der Waals surface area contributed by atoms with Crippen molar-refractivity contribution in [2.45, 2.75) is 20.3 Å². The molecule has 0 aliphatic carbocycles. The largest absolute Gasteiger partial charge is 0.494 e. The van der Waals surface area contributed by atoms with Crippen molar-refractivity contribution in [2.24, 2.45) is 0 Å². The molecule has 0 radical (unpaired) electrons. The van der Waals surface area contributed by atoms with E-state index >= 15 is 0 Å². The summed E-state index contributed by atoms with van der Waals surface area (Å²) in [5, 5.41) is 0. The van der Waals surface area contributed by atoms with Crippen molar-refractivity contribution >= 4 is 5.69 Å². The molecule has 0 fully saturated rings. The van der Waals surface area contributed by atoms with Crippen molar-refractivity contribution in [1.29, 1.82) is 0 Å². The van der Waals surface area contributed by atoms with Crippen molar-refractivity contribution in [3.05, 3.63) is 42.1 Å². The van der Waals surface area contributed by atoms with E-state index in [4.69, 9.17) is 15.2 Å². The molecule has 0 aliphatic rings. The summed E-state index contributed by atoms with van der Waals surface area (Å²) < 4.78 is 11.2. The quantitative estimate of drug-likeness (QED) is 0.891. The molecule has 19 heavy (non-hydrogen) atoms. The first kappa shape index (κ1) is 13.2. The first-order chi connectivity index (χ1) is 9.19. The first-order valence-corrected chi connectivity index (χ1v) is 6.32. The zero-order valence-electron chi connectivity index (χ0n) is 11.2. The van der Waals surface area contributed by atoms with Crippen LogP contribution in [0.15, 0.2) is 36.5 Å². The molecule has 2 aromatic rings. The lowest BCUT2D eigenvalue weighted by atomic mass is 10.3. The fourth-order valence-electron chi connectivity index (χ4n) is 1.63. The Morgan fingerprint density at radius 1 is 1.16 bits per heavy atom. The highest BCUT2D eigenvalue weighted by Crippen LogP contribution is 2.25. The molecule has 0 unspecified atom stereocenters. The van der Waals surface area contributed by atoms with Crippen LogP contribution < -0.4 is 15.2 Å². The van der Waals surface area contributed by atoms with E-state index in [9.17, 15) is 0 Å². The van der Waals surface area contributed by atoms with Crippen LogP contribution >= 0.6 is 0 Å². The van der Waals surface area contributed by atoms with E-state index in [1.165, 1.54) is 0 Å². The second-order valence-electron chi connectivity index (χ2n) is 4.31. The second kappa shape index (κ2) is 6.09. The maximum absolute atomic E-state index is 5.70. The lowest BCUT2D eigenvalue weighted by Gasteiger charge is -2.09. The molecule has 1 aromatic heterocycles. The third kappa shape index (κ3) is 3.61. The average Bonchev–Trinajstić information content (AvgIpc) is 2.41. The Kier molecular flexibility index (Phi) is 4.23. The second-order valence-corrected chi connectivity index (χ2v) is 4.31. The third-order valence-corrected chi connectivity index (χ3v) is 2.56. The number of ether oxygens (including phenoxy) is 2. The highest BCUT2D eigenvalue weighted by atomic mass is 16.5. The zero-order chi connectivity index (χ0) is 13.7. The van der Waals surface area contributed by atoms with Gasteiger partial charge >= 0.3 is 0 Å². The molecule has 0 aliphatic heterocycles. The Morgan fingerprint density at radius 3 is 2.47 bits per heavy atom. The molecule has 0 amide bonds. The summed E-state index contributed by atoms with van der Waals surface area (Å²) in [6.07, 6.45) is 2.58. The topological polar surface area (TPSA) is 57.4 Å². The molecule has 2 rings (SSSR count). The summed E-state index contributed by atoms with van der Waals surface area (Å²) >= 11 is 0. The van der Waals surface area contributed by atoms with Crippen LogP contribution in [0.1, 0.15) is 18.9 Å². The molecule has 4 heteroatoms. The van der Waals surface area contributed by atoms with Crippen LogP contribution in [0.5, 0.6) is 17.4 Å². The van der Waals surface area contributed by atoms with Gasteiger partial charge in [0.15, 0.2) is 0 Å². The van der Waals surface area contributed by atoms with Gasteiger partial charge in [-0.3, -0.25) is 0 Å². The molecule has 0 bridgehead atoms. The molecule has 1 heterocycles. The van der Waals surface area contributed by atoms with E-state index in [1.54, 1.807) is 6.20 Å². The van der Waals surface area contributed by atoms with Crippen LogP contribution in [0, 0.1) is 6.92 Å². The third-order valence-electron chi connectivity index (χ3n) is 2.56. The summed E-state index contributed by atoms with van der Waals surface area (Å²) in [6, 6.07) is 9.33. The fraction of sp³-hybridized carbons (Fsp3) is 0.267. The summed E-state index contributed by atoms with van der Waals surface area (Å²) in [4.78, 5) is 4.17. The van der Waals surface area contributed by atoms with Gasteiger partial charge in [-0.1, -0.05) is 6.92 Å². The first-order valence-electron chi connectivity index (χ1n) is 6.32. The fourth-order valence-corrected chi connectivity index (χ4v) is 1.63. The number of hydrogen-bond donors (Lipinski definition) is 1. The zero-order valence-corrected chi connectivity index (χ0v) is 11.2. The van der Waals surface area contributed by atoms with E-state index in [0.29, 0.717) is 11.6 Å². The molecule has 0 atom stereocenters. The highest BCUT2D eigenvalue weighted by molar-refractivity contribution is 5.43. The maximum Gasteiger partial charge on any atom is 0.222 e. The van der Waals surface area contributed by atoms with Gasteiger partial charge < -0.3 is 15.2 Å². The van der Waals surface area contributed by atoms with Crippen LogP contribution in [0.3, 0.4) is 0 Å². The summed E-state index contributed by atoms with van der Waals surface area (Å²) in [6.45, 7) is 4.71. The number of pyridine rings is 1. The highest BCUT2D eigenvalue weighted by Gasteiger charge is 2.03. The van der Waals surface area contributed by atoms with Crippen molar-refractivity contribution in [3.63, 3.8) is 0 Å². The molecule has 1 aromatic carbocycles. The molecule has 2 N–H and O–H groups in total. The number of benzene rings is 1. The van der Waals surface area contributed by atoms with E-state index in [0.717, 1.165) is 30.1 Å². The molecule has 0 spiro atoms. The van der Waals surface area contributed by atoms with Gasteiger partial charge in [-0.05, 0) is 43.7 Å². The maximum atomic E-state index is 5.70. The number of rotatable bonds is 5. The van der Waals surface area contributed by atoms with Gasteiger partial charge in [0.1, 0.15) is 11.5 Å². The normalized spacial score (nSPS) is 10.2. The number of nitrogens with two attached hydrogens (primary N) is 1. The minimum atomic E-state index is 0.566. The van der Waals surface area contributed by atoms with Crippen molar-refractivity contribution in [2.75, 3.05) is 12.3 Å². The molecular formula is C15H18N2O2. The molecule has 0 saturated heterocycles. The number of aryl methyl sites for hydroxylation is 1.